The number of halogens is 2. The largest absolute Gasteiger partial charge is 0.495 e. The smallest absolute Gasteiger partial charge is 0.265 e. The van der Waals surface area contributed by atoms with Crippen molar-refractivity contribution >= 4 is 38.9 Å². The third-order valence-corrected chi connectivity index (χ3v) is 6.38. The van der Waals surface area contributed by atoms with E-state index in [0.29, 0.717) is 11.4 Å². The fourth-order valence-electron chi connectivity index (χ4n) is 2.10. The second-order valence-electron chi connectivity index (χ2n) is 4.89. The molecule has 0 heterocycles. The lowest BCUT2D eigenvalue weighted by atomic mass is 10.1. The molecule has 0 atom stereocenters. The van der Waals surface area contributed by atoms with Crippen molar-refractivity contribution in [2.24, 2.45) is 0 Å². The fourth-order valence-corrected chi connectivity index (χ4v) is 4.11. The standard InChI is InChI=1S/C16H17Cl2NO3S/c1-4-11-5-7-12(8-6-11)19(2)23(20,21)14-10-9-13(22-3)15(17)16(14)18/h5-10H,4H2,1-3H3. The van der Waals surface area contributed by atoms with E-state index in [9.17, 15) is 8.42 Å². The minimum absolute atomic E-state index is 0.0527. The SMILES string of the molecule is CCc1ccc(N(C)S(=O)(=O)c2ccc(OC)c(Cl)c2Cl)cc1. The summed E-state index contributed by atoms with van der Waals surface area (Å²) in [5.74, 6) is 0.325. The van der Waals surface area contributed by atoms with E-state index in [1.54, 1.807) is 12.1 Å². The minimum atomic E-state index is -3.83. The fraction of sp³-hybridized carbons (Fsp3) is 0.250. The number of ether oxygens (including phenoxy) is 1. The maximum absolute atomic E-state index is 12.8. The summed E-state index contributed by atoms with van der Waals surface area (Å²) >= 11 is 12.2. The van der Waals surface area contributed by atoms with Gasteiger partial charge in [-0.1, -0.05) is 42.3 Å². The summed E-state index contributed by atoms with van der Waals surface area (Å²) in [5.41, 5.74) is 1.68. The molecule has 7 heteroatoms. The van der Waals surface area contributed by atoms with Crippen LogP contribution in [0.5, 0.6) is 5.75 Å². The normalized spacial score (nSPS) is 11.3. The second kappa shape index (κ2) is 6.99. The molecule has 0 aliphatic heterocycles. The zero-order valence-corrected chi connectivity index (χ0v) is 15.3. The Morgan fingerprint density at radius 3 is 2.17 bits per heavy atom. The molecule has 23 heavy (non-hydrogen) atoms. The van der Waals surface area contributed by atoms with E-state index in [-0.39, 0.29) is 14.9 Å². The van der Waals surface area contributed by atoms with Crippen molar-refractivity contribution in [3.63, 3.8) is 0 Å². The molecule has 0 amide bonds. The van der Waals surface area contributed by atoms with Crippen LogP contribution in [0.4, 0.5) is 5.69 Å². The van der Waals surface area contributed by atoms with Gasteiger partial charge >= 0.3 is 0 Å². The van der Waals surface area contributed by atoms with Gasteiger partial charge in [-0.15, -0.1) is 0 Å². The van der Waals surface area contributed by atoms with Crippen LogP contribution in [0.1, 0.15) is 12.5 Å². The Hall–Kier alpha value is -1.43. The highest BCUT2D eigenvalue weighted by atomic mass is 35.5. The van der Waals surface area contributed by atoms with Crippen molar-refractivity contribution in [2.45, 2.75) is 18.2 Å². The molecule has 0 aliphatic carbocycles. The minimum Gasteiger partial charge on any atom is -0.495 e. The van der Waals surface area contributed by atoms with E-state index in [1.165, 1.54) is 30.6 Å². The lowest BCUT2D eigenvalue weighted by molar-refractivity contribution is 0.414. The van der Waals surface area contributed by atoms with Crippen molar-refractivity contribution < 1.29 is 13.2 Å². The molecule has 124 valence electrons. The van der Waals surface area contributed by atoms with Gasteiger partial charge in [0, 0.05) is 7.05 Å². The van der Waals surface area contributed by atoms with E-state index in [4.69, 9.17) is 27.9 Å². The van der Waals surface area contributed by atoms with E-state index in [2.05, 4.69) is 0 Å². The molecular formula is C16H17Cl2NO3S. The zero-order valence-electron chi connectivity index (χ0n) is 13.0. The maximum Gasteiger partial charge on any atom is 0.265 e. The van der Waals surface area contributed by atoms with Gasteiger partial charge in [0.1, 0.15) is 15.7 Å². The van der Waals surface area contributed by atoms with Crippen LogP contribution in [0.3, 0.4) is 0 Å². The molecule has 2 rings (SSSR count). The number of benzene rings is 2. The monoisotopic (exact) mass is 373 g/mol. The van der Waals surface area contributed by atoms with Gasteiger partial charge in [0.15, 0.2) is 0 Å². The maximum atomic E-state index is 12.8. The molecule has 4 nitrogen and oxygen atoms in total. The van der Waals surface area contributed by atoms with Crippen LogP contribution in [0.2, 0.25) is 10.0 Å². The molecule has 0 fully saturated rings. The van der Waals surface area contributed by atoms with Crippen molar-refractivity contribution in [3.05, 3.63) is 52.0 Å². The number of hydrogen-bond donors (Lipinski definition) is 0. The summed E-state index contributed by atoms with van der Waals surface area (Å²) in [4.78, 5) is -0.0629. The number of rotatable bonds is 5. The Kier molecular flexibility index (Phi) is 5.45. The van der Waals surface area contributed by atoms with Crippen molar-refractivity contribution in [2.75, 3.05) is 18.5 Å². The number of nitrogens with zero attached hydrogens (tertiary/aromatic N) is 1. The Bertz CT molecular complexity index is 805. The number of aryl methyl sites for hydroxylation is 1. The molecule has 0 aromatic heterocycles. The molecule has 2 aromatic carbocycles. The summed E-state index contributed by atoms with van der Waals surface area (Å²) in [6.07, 6.45) is 0.886. The van der Waals surface area contributed by atoms with Crippen molar-refractivity contribution in [3.8, 4) is 5.75 Å². The van der Waals surface area contributed by atoms with Gasteiger partial charge in [0.05, 0.1) is 17.8 Å². The van der Waals surface area contributed by atoms with Gasteiger partial charge in [-0.25, -0.2) is 8.42 Å². The van der Waals surface area contributed by atoms with Crippen molar-refractivity contribution in [1.29, 1.82) is 0 Å². The first kappa shape index (κ1) is 17.9. The summed E-state index contributed by atoms with van der Waals surface area (Å²) in [7, 11) is -0.914. The van der Waals surface area contributed by atoms with Crippen LogP contribution in [-0.2, 0) is 16.4 Å². The number of hydrogen-bond acceptors (Lipinski definition) is 3. The molecule has 0 radical (unpaired) electrons. The zero-order chi connectivity index (χ0) is 17.2. The first-order valence-corrected chi connectivity index (χ1v) is 9.12. The molecule has 2 aromatic rings. The Labute approximate surface area is 146 Å². The van der Waals surface area contributed by atoms with E-state index in [1.807, 2.05) is 19.1 Å². The first-order valence-electron chi connectivity index (χ1n) is 6.92. The number of methoxy groups -OCH3 is 1. The first-order chi connectivity index (χ1) is 10.8. The molecule has 0 unspecified atom stereocenters. The molecule has 0 spiro atoms. The average molecular weight is 374 g/mol. The van der Waals surface area contributed by atoms with Crippen LogP contribution in [0.25, 0.3) is 0 Å². The lowest BCUT2D eigenvalue weighted by Gasteiger charge is -2.21. The van der Waals surface area contributed by atoms with E-state index < -0.39 is 10.0 Å². The topological polar surface area (TPSA) is 46.6 Å². The summed E-state index contributed by atoms with van der Waals surface area (Å²) in [6.45, 7) is 2.04. The third kappa shape index (κ3) is 3.42. The average Bonchev–Trinajstić information content (AvgIpc) is 2.56. The van der Waals surface area contributed by atoms with Gasteiger partial charge in [-0.05, 0) is 36.2 Å². The number of anilines is 1. The quantitative estimate of drug-likeness (QED) is 0.780. The van der Waals surface area contributed by atoms with Crippen LogP contribution in [-0.4, -0.2) is 22.6 Å². The Morgan fingerprint density at radius 2 is 1.65 bits per heavy atom. The van der Waals surface area contributed by atoms with Gasteiger partial charge in [0.2, 0.25) is 0 Å². The number of sulfonamides is 1. The summed E-state index contributed by atoms with van der Waals surface area (Å²) in [6, 6.07) is 10.2. The van der Waals surface area contributed by atoms with Crippen molar-refractivity contribution in [1.82, 2.24) is 0 Å². The molecule has 0 saturated carbocycles. The van der Waals surface area contributed by atoms with Gasteiger partial charge < -0.3 is 4.74 Å². The summed E-state index contributed by atoms with van der Waals surface area (Å²) < 4.78 is 31.8. The molecule has 0 N–H and O–H groups in total. The molecule has 0 aliphatic rings. The predicted octanol–water partition coefficient (Wildman–Crippen LogP) is 4.39. The second-order valence-corrected chi connectivity index (χ2v) is 7.58. The van der Waals surface area contributed by atoms with Crippen LogP contribution >= 0.6 is 23.2 Å². The van der Waals surface area contributed by atoms with E-state index in [0.717, 1.165) is 12.0 Å². The Morgan fingerprint density at radius 1 is 1.04 bits per heavy atom. The molecular weight excluding hydrogens is 357 g/mol. The highest BCUT2D eigenvalue weighted by Crippen LogP contribution is 2.38. The molecule has 0 saturated heterocycles. The van der Waals surface area contributed by atoms with Gasteiger partial charge in [0.25, 0.3) is 10.0 Å². The van der Waals surface area contributed by atoms with Gasteiger partial charge in [-0.3, -0.25) is 4.31 Å². The van der Waals surface area contributed by atoms with Crippen LogP contribution < -0.4 is 9.04 Å². The van der Waals surface area contributed by atoms with Gasteiger partial charge in [-0.2, -0.15) is 0 Å². The van der Waals surface area contributed by atoms with Crippen LogP contribution in [0, 0.1) is 0 Å². The van der Waals surface area contributed by atoms with Crippen LogP contribution in [0.15, 0.2) is 41.3 Å². The molecule has 0 bridgehead atoms. The lowest BCUT2D eigenvalue weighted by Crippen LogP contribution is -2.26. The predicted molar refractivity (Wildman–Crippen MR) is 94.4 cm³/mol. The highest BCUT2D eigenvalue weighted by molar-refractivity contribution is 7.93. The highest BCUT2D eigenvalue weighted by Gasteiger charge is 2.26. The van der Waals surface area contributed by atoms with E-state index >= 15 is 0 Å². The Balaban J connectivity index is 2.46. The summed E-state index contributed by atoms with van der Waals surface area (Å²) in [5, 5.41) is 0.0213. The third-order valence-electron chi connectivity index (χ3n) is 3.58.